The number of rotatable bonds is 10. The van der Waals surface area contributed by atoms with Gasteiger partial charge in [-0.25, -0.2) is 13.9 Å². The fourth-order valence-electron chi connectivity index (χ4n) is 6.25. The largest absolute Gasteiger partial charge is 0.477 e. The Labute approximate surface area is 300 Å². The van der Waals surface area contributed by atoms with Gasteiger partial charge in [-0.2, -0.15) is 0 Å². The second kappa shape index (κ2) is 14.0. The molecule has 0 aliphatic carbocycles. The van der Waals surface area contributed by atoms with Gasteiger partial charge in [0.15, 0.2) is 4.34 Å². The maximum Gasteiger partial charge on any atom is 0.341 e. The highest BCUT2D eigenvalue weighted by molar-refractivity contribution is 8.01. The fourth-order valence-corrected chi connectivity index (χ4v) is 9.56. The highest BCUT2D eigenvalue weighted by Gasteiger charge is 2.54. The number of thioether (sulfide) groups is 2. The van der Waals surface area contributed by atoms with E-state index in [0.717, 1.165) is 21.0 Å². The summed E-state index contributed by atoms with van der Waals surface area (Å²) < 4.78 is 19.1. The molecule has 4 aromatic rings. The Hall–Kier alpha value is -4.89. The van der Waals surface area contributed by atoms with Gasteiger partial charge >= 0.3 is 5.97 Å². The molecular formula is C30H30FN11O6S3. The van der Waals surface area contributed by atoms with Crippen LogP contribution in [0.5, 0.6) is 0 Å². The molecule has 3 aliphatic rings. The molecule has 3 aromatic heterocycles. The van der Waals surface area contributed by atoms with E-state index in [1.165, 1.54) is 57.0 Å². The molecule has 7 rings (SSSR count). The summed E-state index contributed by atoms with van der Waals surface area (Å²) in [4.78, 5) is 69.9. The van der Waals surface area contributed by atoms with Gasteiger partial charge < -0.3 is 24.8 Å². The smallest absolute Gasteiger partial charge is 0.341 e. The zero-order valence-electron chi connectivity index (χ0n) is 27.2. The average Bonchev–Trinajstić information content (AvgIpc) is 3.80. The van der Waals surface area contributed by atoms with Crippen LogP contribution in [0.3, 0.4) is 0 Å². The quantitative estimate of drug-likeness (QED) is 0.170. The standard InChI is InChI=1S/C30H30FN11O6S3/c1-3-38-10-18(29(47)48)25(44)17-8-19(31)21(9-20(17)38)39-4-6-40(7-5-39)27(46)24-16(13-50-30-35-34-15(2)51-30)12-49-28-23(26(45)42(24)28)33-22(43)11-41-14-32-36-37-41/h8-10,14,23,28H,3-7,11-13H2,1-2H3,(H,33,43)(H,47,48)/t23-,28-/m1/s1. The van der Waals surface area contributed by atoms with E-state index >= 15 is 4.39 Å². The summed E-state index contributed by atoms with van der Waals surface area (Å²) in [5.41, 5.74) is 0.473. The number of piperazine rings is 1. The van der Waals surface area contributed by atoms with E-state index in [0.29, 0.717) is 23.6 Å². The molecule has 17 nitrogen and oxygen atoms in total. The number of anilines is 1. The zero-order valence-corrected chi connectivity index (χ0v) is 29.6. The van der Waals surface area contributed by atoms with Gasteiger partial charge in [0.2, 0.25) is 11.3 Å². The first kappa shape index (κ1) is 34.6. The summed E-state index contributed by atoms with van der Waals surface area (Å²) in [5, 5.41) is 31.5. The number of halogens is 1. The number of nitrogens with one attached hydrogen (secondary N) is 1. The van der Waals surface area contributed by atoms with Crippen molar-refractivity contribution in [1.29, 1.82) is 0 Å². The highest BCUT2D eigenvalue weighted by atomic mass is 32.2. The van der Waals surface area contributed by atoms with E-state index in [-0.39, 0.29) is 55.4 Å². The SMILES string of the molecule is CCn1cc(C(=O)O)c(=O)c2cc(F)c(N3CCN(C(=O)C4=C(CSc5nnc(C)s5)CS[C@@H]5[C@H](NC(=O)Cn6cnnn6)C(=O)N45)CC3)cc21. The number of tetrazole rings is 1. The van der Waals surface area contributed by atoms with Crippen molar-refractivity contribution in [2.75, 3.05) is 42.6 Å². The fraction of sp³-hybridized carbons (Fsp3) is 0.400. The number of aromatic carboxylic acids is 1. The van der Waals surface area contributed by atoms with Crippen molar-refractivity contribution in [3.8, 4) is 0 Å². The number of aryl methyl sites for hydroxylation is 2. The Morgan fingerprint density at radius 2 is 1.92 bits per heavy atom. The third kappa shape index (κ3) is 6.55. The number of benzene rings is 1. The molecule has 3 amide bonds. The van der Waals surface area contributed by atoms with E-state index in [1.54, 1.807) is 27.4 Å². The van der Waals surface area contributed by atoms with E-state index in [4.69, 9.17) is 0 Å². The molecule has 0 radical (unpaired) electrons. The molecule has 2 N–H and O–H groups in total. The van der Waals surface area contributed by atoms with Crippen molar-refractivity contribution in [2.24, 2.45) is 0 Å². The lowest BCUT2D eigenvalue weighted by atomic mass is 10.0. The first-order valence-electron chi connectivity index (χ1n) is 15.8. The minimum Gasteiger partial charge on any atom is -0.477 e. The van der Waals surface area contributed by atoms with Crippen molar-refractivity contribution < 1.29 is 28.7 Å². The molecule has 0 unspecified atom stereocenters. The molecule has 266 valence electrons. The van der Waals surface area contributed by atoms with Crippen LogP contribution in [-0.4, -0.2) is 123 Å². The number of carbonyl (C=O) groups is 4. The summed E-state index contributed by atoms with van der Waals surface area (Å²) in [6.45, 7) is 4.81. The molecule has 0 bridgehead atoms. The van der Waals surface area contributed by atoms with Crippen molar-refractivity contribution in [3.63, 3.8) is 0 Å². The van der Waals surface area contributed by atoms with E-state index < -0.39 is 46.0 Å². The normalized spacial score (nSPS) is 19.0. The first-order chi connectivity index (χ1) is 24.5. The van der Waals surface area contributed by atoms with E-state index in [9.17, 15) is 29.1 Å². The number of β-lactam (4-membered cyclic amide) rings is 1. The molecule has 0 spiro atoms. The number of amides is 3. The minimum atomic E-state index is -1.38. The molecular weight excluding hydrogens is 726 g/mol. The zero-order chi connectivity index (χ0) is 36.0. The molecule has 2 atom stereocenters. The molecule has 3 aliphatic heterocycles. The van der Waals surface area contributed by atoms with Crippen LogP contribution in [0.2, 0.25) is 0 Å². The van der Waals surface area contributed by atoms with Crippen LogP contribution >= 0.6 is 34.9 Å². The number of hydrogen-bond acceptors (Lipinski definition) is 14. The number of pyridine rings is 1. The summed E-state index contributed by atoms with van der Waals surface area (Å²) in [6.07, 6.45) is 2.56. The Kier molecular flexibility index (Phi) is 9.50. The summed E-state index contributed by atoms with van der Waals surface area (Å²) in [6, 6.07) is 1.79. The number of carboxylic acid groups (broad SMARTS) is 1. The lowest BCUT2D eigenvalue weighted by Gasteiger charge is -2.51. The van der Waals surface area contributed by atoms with Crippen LogP contribution < -0.4 is 15.6 Å². The Balaban J connectivity index is 1.10. The molecule has 21 heteroatoms. The van der Waals surface area contributed by atoms with Gasteiger partial charge in [-0.3, -0.25) is 24.1 Å². The average molecular weight is 756 g/mol. The van der Waals surface area contributed by atoms with Crippen molar-refractivity contribution in [1.82, 2.24) is 50.1 Å². The monoisotopic (exact) mass is 755 g/mol. The Bertz CT molecular complexity index is 2150. The second-order valence-electron chi connectivity index (χ2n) is 11.9. The van der Waals surface area contributed by atoms with Crippen molar-refractivity contribution >= 4 is 75.1 Å². The van der Waals surface area contributed by atoms with Gasteiger partial charge in [0.05, 0.1) is 11.2 Å². The highest BCUT2D eigenvalue weighted by Crippen LogP contribution is 2.42. The molecule has 0 saturated carbocycles. The number of carboxylic acids is 1. The van der Waals surface area contributed by atoms with Crippen molar-refractivity contribution in [3.05, 3.63) is 62.5 Å². The molecule has 2 fully saturated rings. The van der Waals surface area contributed by atoms with Crippen LogP contribution in [0, 0.1) is 12.7 Å². The molecule has 6 heterocycles. The van der Waals surface area contributed by atoms with E-state index in [1.807, 2.05) is 6.92 Å². The Morgan fingerprint density at radius 1 is 1.14 bits per heavy atom. The lowest BCUT2D eigenvalue weighted by molar-refractivity contribution is -0.149. The predicted molar refractivity (Wildman–Crippen MR) is 185 cm³/mol. The van der Waals surface area contributed by atoms with Crippen LogP contribution in [0.4, 0.5) is 10.1 Å². The maximum absolute atomic E-state index is 15.5. The number of fused-ring (bicyclic) bond motifs is 2. The number of hydrogen-bond donors (Lipinski definition) is 2. The van der Waals surface area contributed by atoms with Gasteiger partial charge in [-0.05, 0) is 42.0 Å². The van der Waals surface area contributed by atoms with Crippen molar-refractivity contribution in [2.45, 2.75) is 42.7 Å². The topological polar surface area (TPSA) is 202 Å². The number of aromatic nitrogens is 7. The summed E-state index contributed by atoms with van der Waals surface area (Å²) >= 11 is 4.32. The summed E-state index contributed by atoms with van der Waals surface area (Å²) in [7, 11) is 0. The van der Waals surface area contributed by atoms with Crippen LogP contribution in [0.25, 0.3) is 10.9 Å². The predicted octanol–water partition coefficient (Wildman–Crippen LogP) is 0.800. The number of carbonyl (C=O) groups excluding carboxylic acids is 3. The molecule has 51 heavy (non-hydrogen) atoms. The summed E-state index contributed by atoms with van der Waals surface area (Å²) in [5.74, 6) is -2.39. The van der Waals surface area contributed by atoms with Crippen LogP contribution in [-0.2, 0) is 27.5 Å². The van der Waals surface area contributed by atoms with Gasteiger partial charge in [-0.15, -0.1) is 27.1 Å². The van der Waals surface area contributed by atoms with Crippen LogP contribution in [0.15, 0.2) is 45.1 Å². The van der Waals surface area contributed by atoms with E-state index in [2.05, 4.69) is 31.0 Å². The van der Waals surface area contributed by atoms with Gasteiger partial charge in [0, 0.05) is 55.8 Å². The lowest BCUT2D eigenvalue weighted by Crippen LogP contribution is -2.71. The number of nitrogens with zero attached hydrogens (tertiary/aromatic N) is 10. The second-order valence-corrected chi connectivity index (χ2v) is 15.4. The maximum atomic E-state index is 15.5. The van der Waals surface area contributed by atoms with Gasteiger partial charge in [0.25, 0.3) is 11.8 Å². The first-order valence-corrected chi connectivity index (χ1v) is 18.6. The third-order valence-electron chi connectivity index (χ3n) is 8.77. The molecule has 2 saturated heterocycles. The third-order valence-corrected chi connectivity index (χ3v) is 12.2. The molecule has 1 aromatic carbocycles. The van der Waals surface area contributed by atoms with Gasteiger partial charge in [0.1, 0.15) is 46.4 Å². The Morgan fingerprint density at radius 3 is 2.59 bits per heavy atom. The minimum absolute atomic E-state index is 0.0262. The van der Waals surface area contributed by atoms with Gasteiger partial charge in [-0.1, -0.05) is 23.1 Å². The van der Waals surface area contributed by atoms with Crippen LogP contribution in [0.1, 0.15) is 22.3 Å².